The van der Waals surface area contributed by atoms with Gasteiger partial charge < -0.3 is 14.0 Å². The van der Waals surface area contributed by atoms with E-state index in [0.717, 1.165) is 0 Å². The number of hydrogen-bond acceptors (Lipinski definition) is 5. The lowest BCUT2D eigenvalue weighted by molar-refractivity contribution is 0.0731. The number of halogens is 2. The van der Waals surface area contributed by atoms with Crippen molar-refractivity contribution in [1.29, 1.82) is 0 Å². The lowest BCUT2D eigenvalue weighted by atomic mass is 10.1. The highest BCUT2D eigenvalue weighted by atomic mass is 35.5. The summed E-state index contributed by atoms with van der Waals surface area (Å²) < 4.78 is 29.1. The second kappa shape index (κ2) is 10.3. The van der Waals surface area contributed by atoms with Crippen LogP contribution in [0.15, 0.2) is 42.5 Å². The highest BCUT2D eigenvalue weighted by Crippen LogP contribution is 2.27. The van der Waals surface area contributed by atoms with Gasteiger partial charge in [0.1, 0.15) is 5.75 Å². The van der Waals surface area contributed by atoms with Crippen LogP contribution in [0.2, 0.25) is 10.0 Å². The minimum Gasteiger partial charge on any atom is -0.382 e. The molecule has 29 heavy (non-hydrogen) atoms. The smallest absolute Gasteiger partial charge is 0.308 e. The lowest BCUT2D eigenvalue weighted by Crippen LogP contribution is -2.36. The summed E-state index contributed by atoms with van der Waals surface area (Å²) in [5, 5.41) is 0.766. The van der Waals surface area contributed by atoms with Gasteiger partial charge in [-0.1, -0.05) is 35.3 Å². The van der Waals surface area contributed by atoms with Gasteiger partial charge in [0, 0.05) is 30.2 Å². The normalized spacial score (nSPS) is 11.5. The van der Waals surface area contributed by atoms with Crippen LogP contribution >= 0.6 is 23.2 Å². The molecule has 0 bridgehead atoms. The Labute approximate surface area is 182 Å². The van der Waals surface area contributed by atoms with Gasteiger partial charge >= 0.3 is 10.1 Å². The maximum Gasteiger partial charge on any atom is 0.308 e. The molecule has 1 amide bonds. The van der Waals surface area contributed by atoms with E-state index in [1.807, 2.05) is 19.0 Å². The predicted octanol–water partition coefficient (Wildman–Crippen LogP) is 3.93. The third kappa shape index (κ3) is 6.89. The molecule has 0 aromatic heterocycles. The minimum atomic E-state index is -3.72. The van der Waals surface area contributed by atoms with Gasteiger partial charge in [-0.2, -0.15) is 8.42 Å². The summed E-state index contributed by atoms with van der Waals surface area (Å²) in [4.78, 5) is 16.7. The average Bonchev–Trinajstić information content (AvgIpc) is 2.66. The Balaban J connectivity index is 2.39. The molecule has 0 unspecified atom stereocenters. The van der Waals surface area contributed by atoms with E-state index >= 15 is 0 Å². The van der Waals surface area contributed by atoms with Crippen molar-refractivity contribution in [3.05, 3.63) is 63.6 Å². The summed E-state index contributed by atoms with van der Waals surface area (Å²) in [7, 11) is 0.0809. The molecule has 158 valence electrons. The fraction of sp³-hybridized carbons (Fsp3) is 0.350. The van der Waals surface area contributed by atoms with Crippen molar-refractivity contribution >= 4 is 39.2 Å². The number of carbonyl (C=O) groups is 1. The van der Waals surface area contributed by atoms with Crippen molar-refractivity contribution in [3.63, 3.8) is 0 Å². The molecule has 0 heterocycles. The first kappa shape index (κ1) is 23.5. The molecule has 0 aliphatic carbocycles. The molecule has 2 rings (SSSR count). The fourth-order valence-corrected chi connectivity index (χ4v) is 3.50. The van der Waals surface area contributed by atoms with E-state index in [1.165, 1.54) is 13.0 Å². The standard InChI is InChI=1S/C20H24Cl2N2O4S/c1-4-29(26,27)28-19-10-9-16(21)13-15(19)14-24(12-11-23(2)3)20(25)17-7-5-6-8-18(17)22/h5-10,13H,4,11-12,14H2,1-3H3. The zero-order valence-electron chi connectivity index (χ0n) is 16.6. The van der Waals surface area contributed by atoms with Gasteiger partial charge in [-0.25, -0.2) is 0 Å². The van der Waals surface area contributed by atoms with Crippen LogP contribution in [-0.2, 0) is 16.7 Å². The minimum absolute atomic E-state index is 0.118. The first-order chi connectivity index (χ1) is 13.6. The largest absolute Gasteiger partial charge is 0.382 e. The van der Waals surface area contributed by atoms with Crippen molar-refractivity contribution in [2.75, 3.05) is 32.9 Å². The topological polar surface area (TPSA) is 66.9 Å². The molecule has 0 saturated heterocycles. The summed E-state index contributed by atoms with van der Waals surface area (Å²) in [6.07, 6.45) is 0. The van der Waals surface area contributed by atoms with Crippen molar-refractivity contribution in [3.8, 4) is 5.75 Å². The maximum atomic E-state index is 13.2. The molecule has 0 N–H and O–H groups in total. The second-order valence-corrected chi connectivity index (χ2v) is 9.39. The Morgan fingerprint density at radius 2 is 1.76 bits per heavy atom. The van der Waals surface area contributed by atoms with Crippen LogP contribution in [0.4, 0.5) is 0 Å². The second-order valence-electron chi connectivity index (χ2n) is 6.69. The number of hydrogen-bond donors (Lipinski definition) is 0. The van der Waals surface area contributed by atoms with Gasteiger partial charge in [0.2, 0.25) is 0 Å². The van der Waals surface area contributed by atoms with E-state index in [9.17, 15) is 13.2 Å². The Kier molecular flexibility index (Phi) is 8.34. The SMILES string of the molecule is CCS(=O)(=O)Oc1ccc(Cl)cc1CN(CCN(C)C)C(=O)c1ccccc1Cl. The average molecular weight is 459 g/mol. The van der Waals surface area contributed by atoms with Crippen LogP contribution in [-0.4, -0.2) is 57.1 Å². The first-order valence-corrected chi connectivity index (χ1v) is 11.4. The van der Waals surface area contributed by atoms with Gasteiger partial charge in [-0.3, -0.25) is 4.79 Å². The molecule has 0 radical (unpaired) electrons. The van der Waals surface area contributed by atoms with E-state index in [4.69, 9.17) is 27.4 Å². The number of nitrogens with zero attached hydrogens (tertiary/aromatic N) is 2. The van der Waals surface area contributed by atoms with Gasteiger partial charge in [-0.05, 0) is 51.4 Å². The Bertz CT molecular complexity index is 965. The van der Waals surface area contributed by atoms with Crippen LogP contribution in [0.3, 0.4) is 0 Å². The molecule has 9 heteroatoms. The number of likely N-dealkylation sites (N-methyl/N-ethyl adjacent to an activating group) is 1. The third-order valence-electron chi connectivity index (χ3n) is 4.16. The zero-order chi connectivity index (χ0) is 21.6. The van der Waals surface area contributed by atoms with Crippen molar-refractivity contribution < 1.29 is 17.4 Å². The summed E-state index contributed by atoms with van der Waals surface area (Å²) in [6, 6.07) is 11.4. The molecule has 2 aromatic rings. The summed E-state index contributed by atoms with van der Waals surface area (Å²) >= 11 is 12.3. The molecule has 6 nitrogen and oxygen atoms in total. The molecule has 0 aliphatic heterocycles. The number of benzene rings is 2. The zero-order valence-corrected chi connectivity index (χ0v) is 18.9. The number of carbonyl (C=O) groups excluding carboxylic acids is 1. The van der Waals surface area contributed by atoms with Crippen LogP contribution in [0, 0.1) is 0 Å². The summed E-state index contributed by atoms with van der Waals surface area (Å²) in [5.41, 5.74) is 0.868. The Morgan fingerprint density at radius 3 is 2.38 bits per heavy atom. The van der Waals surface area contributed by atoms with E-state index < -0.39 is 10.1 Å². The monoisotopic (exact) mass is 458 g/mol. The van der Waals surface area contributed by atoms with Gasteiger partial charge in [0.05, 0.1) is 16.3 Å². The molecule has 0 atom stereocenters. The summed E-state index contributed by atoms with van der Waals surface area (Å²) in [6.45, 7) is 2.63. The van der Waals surface area contributed by atoms with Crippen molar-refractivity contribution in [2.24, 2.45) is 0 Å². The molecule has 2 aromatic carbocycles. The molecule has 0 fully saturated rings. The van der Waals surface area contributed by atoms with Crippen LogP contribution in [0.5, 0.6) is 5.75 Å². The van der Waals surface area contributed by atoms with E-state index in [0.29, 0.717) is 34.3 Å². The lowest BCUT2D eigenvalue weighted by Gasteiger charge is -2.26. The predicted molar refractivity (Wildman–Crippen MR) is 116 cm³/mol. The molecule has 0 saturated carbocycles. The molecular formula is C20H24Cl2N2O4S. The van der Waals surface area contributed by atoms with Crippen LogP contribution in [0.25, 0.3) is 0 Å². The Hall–Kier alpha value is -1.80. The Morgan fingerprint density at radius 1 is 1.07 bits per heavy atom. The van der Waals surface area contributed by atoms with Gasteiger partial charge in [0.25, 0.3) is 5.91 Å². The van der Waals surface area contributed by atoms with Gasteiger partial charge in [0.15, 0.2) is 0 Å². The fourth-order valence-electron chi connectivity index (χ4n) is 2.53. The van der Waals surface area contributed by atoms with E-state index in [2.05, 4.69) is 0 Å². The maximum absolute atomic E-state index is 13.2. The first-order valence-electron chi connectivity index (χ1n) is 9.02. The quantitative estimate of drug-likeness (QED) is 0.532. The van der Waals surface area contributed by atoms with Crippen molar-refractivity contribution in [1.82, 2.24) is 9.80 Å². The molecular weight excluding hydrogens is 435 g/mol. The van der Waals surface area contributed by atoms with E-state index in [1.54, 1.807) is 41.3 Å². The molecule has 0 spiro atoms. The van der Waals surface area contributed by atoms with E-state index in [-0.39, 0.29) is 24.0 Å². The highest BCUT2D eigenvalue weighted by Gasteiger charge is 2.22. The molecule has 0 aliphatic rings. The van der Waals surface area contributed by atoms with Crippen molar-refractivity contribution in [2.45, 2.75) is 13.5 Å². The number of amides is 1. The van der Waals surface area contributed by atoms with Gasteiger partial charge in [-0.15, -0.1) is 0 Å². The number of rotatable bonds is 9. The third-order valence-corrected chi connectivity index (χ3v) is 5.87. The highest BCUT2D eigenvalue weighted by molar-refractivity contribution is 7.87. The van der Waals surface area contributed by atoms with Crippen LogP contribution in [0.1, 0.15) is 22.8 Å². The van der Waals surface area contributed by atoms with Crippen LogP contribution < -0.4 is 4.18 Å². The summed E-state index contributed by atoms with van der Waals surface area (Å²) in [5.74, 6) is -0.280.